The molecule has 1 saturated heterocycles. The summed E-state index contributed by atoms with van der Waals surface area (Å²) in [4.78, 5) is 0. The van der Waals surface area contributed by atoms with Gasteiger partial charge >= 0.3 is 0 Å². The Kier molecular flexibility index (Phi) is 4.48. The smallest absolute Gasteiger partial charge is 0.0685 e. The summed E-state index contributed by atoms with van der Waals surface area (Å²) >= 11 is 0. The summed E-state index contributed by atoms with van der Waals surface area (Å²) in [6.07, 6.45) is 7.83. The van der Waals surface area contributed by atoms with Gasteiger partial charge in [0.1, 0.15) is 0 Å². The van der Waals surface area contributed by atoms with Crippen molar-refractivity contribution in [3.05, 3.63) is 0 Å². The van der Waals surface area contributed by atoms with Gasteiger partial charge in [0.15, 0.2) is 0 Å². The third kappa shape index (κ3) is 2.85. The Morgan fingerprint density at radius 2 is 2.12 bits per heavy atom. The van der Waals surface area contributed by atoms with E-state index in [1.54, 1.807) is 0 Å². The highest BCUT2D eigenvalue weighted by molar-refractivity contribution is 4.97. The zero-order valence-electron chi connectivity index (χ0n) is 11.8. The molecule has 0 aromatic heterocycles. The Morgan fingerprint density at radius 1 is 1.35 bits per heavy atom. The van der Waals surface area contributed by atoms with E-state index in [0.717, 1.165) is 25.0 Å². The highest BCUT2D eigenvalue weighted by Gasteiger charge is 2.44. The second kappa shape index (κ2) is 5.71. The Bertz CT molecular complexity index is 237. The Hall–Kier alpha value is -0.0800. The number of hydrogen-bond donors (Lipinski definition) is 1. The molecule has 2 fully saturated rings. The van der Waals surface area contributed by atoms with Crippen molar-refractivity contribution in [1.82, 2.24) is 5.32 Å². The van der Waals surface area contributed by atoms with E-state index < -0.39 is 0 Å². The lowest BCUT2D eigenvalue weighted by Crippen LogP contribution is -2.51. The molecule has 3 atom stereocenters. The van der Waals surface area contributed by atoms with Gasteiger partial charge in [-0.25, -0.2) is 0 Å². The van der Waals surface area contributed by atoms with Gasteiger partial charge < -0.3 is 10.1 Å². The van der Waals surface area contributed by atoms with E-state index >= 15 is 0 Å². The molecule has 17 heavy (non-hydrogen) atoms. The molecule has 100 valence electrons. The molecule has 1 aliphatic carbocycles. The molecule has 1 heterocycles. The zero-order valence-corrected chi connectivity index (χ0v) is 11.8. The maximum atomic E-state index is 6.05. The molecular weight excluding hydrogens is 210 g/mol. The fourth-order valence-electron chi connectivity index (χ4n) is 3.61. The van der Waals surface area contributed by atoms with Crippen LogP contribution in [0.5, 0.6) is 0 Å². The Labute approximate surface area is 107 Å². The number of rotatable bonds is 5. The van der Waals surface area contributed by atoms with Gasteiger partial charge in [-0.05, 0) is 50.5 Å². The summed E-state index contributed by atoms with van der Waals surface area (Å²) in [6.45, 7) is 9.03. The summed E-state index contributed by atoms with van der Waals surface area (Å²) in [5, 5.41) is 3.73. The molecule has 2 aliphatic rings. The summed E-state index contributed by atoms with van der Waals surface area (Å²) in [5.41, 5.74) is 0.296. The lowest BCUT2D eigenvalue weighted by Gasteiger charge is -2.49. The van der Waals surface area contributed by atoms with E-state index in [2.05, 4.69) is 26.1 Å². The molecule has 0 bridgehead atoms. The van der Waals surface area contributed by atoms with Crippen LogP contribution in [0.3, 0.4) is 0 Å². The quantitative estimate of drug-likeness (QED) is 0.794. The minimum Gasteiger partial charge on any atom is -0.375 e. The van der Waals surface area contributed by atoms with Gasteiger partial charge in [-0.2, -0.15) is 0 Å². The van der Waals surface area contributed by atoms with Crippen LogP contribution in [-0.2, 0) is 4.74 Å². The van der Waals surface area contributed by atoms with Gasteiger partial charge in [0.25, 0.3) is 0 Å². The first kappa shape index (κ1) is 13.4. The monoisotopic (exact) mass is 239 g/mol. The molecule has 2 rings (SSSR count). The minimum absolute atomic E-state index is 0.296. The molecule has 2 nitrogen and oxygen atoms in total. The number of nitrogens with one attached hydrogen (secondary N) is 1. The summed E-state index contributed by atoms with van der Waals surface area (Å²) in [6, 6.07) is 0.700. The largest absolute Gasteiger partial charge is 0.375 e. The van der Waals surface area contributed by atoms with Crippen LogP contribution in [-0.4, -0.2) is 24.8 Å². The second-order valence-electron chi connectivity index (χ2n) is 6.11. The lowest BCUT2D eigenvalue weighted by molar-refractivity contribution is -0.148. The van der Waals surface area contributed by atoms with Crippen LogP contribution < -0.4 is 5.32 Å². The molecule has 0 radical (unpaired) electrons. The number of hydrogen-bond acceptors (Lipinski definition) is 2. The van der Waals surface area contributed by atoms with E-state index in [-0.39, 0.29) is 0 Å². The maximum absolute atomic E-state index is 6.05. The molecule has 0 aromatic rings. The third-order valence-corrected chi connectivity index (χ3v) is 5.00. The van der Waals surface area contributed by atoms with Crippen LogP contribution in [0.1, 0.15) is 59.3 Å². The van der Waals surface area contributed by atoms with Crippen LogP contribution in [0, 0.1) is 11.8 Å². The lowest BCUT2D eigenvalue weighted by atomic mass is 9.69. The average Bonchev–Trinajstić information content (AvgIpc) is 2.33. The Balaban J connectivity index is 1.97. The normalized spacial score (nSPS) is 30.9. The second-order valence-corrected chi connectivity index (χ2v) is 6.11. The highest BCUT2D eigenvalue weighted by Crippen LogP contribution is 2.45. The van der Waals surface area contributed by atoms with Gasteiger partial charge in [0.05, 0.1) is 5.60 Å². The topological polar surface area (TPSA) is 21.3 Å². The predicted molar refractivity (Wildman–Crippen MR) is 72.2 cm³/mol. The Morgan fingerprint density at radius 3 is 2.65 bits per heavy atom. The molecule has 0 amide bonds. The standard InChI is InChI=1S/C15H29NO/c1-4-12(3)14(16-5-2)13-7-10-17-15(11-13)8-6-9-15/h12-14,16H,4-11H2,1-3H3. The summed E-state index contributed by atoms with van der Waals surface area (Å²) < 4.78 is 6.05. The molecule has 1 spiro atoms. The van der Waals surface area contributed by atoms with Crippen molar-refractivity contribution in [3.8, 4) is 0 Å². The van der Waals surface area contributed by atoms with E-state index in [1.807, 2.05) is 0 Å². The van der Waals surface area contributed by atoms with Crippen LogP contribution in [0.4, 0.5) is 0 Å². The summed E-state index contributed by atoms with van der Waals surface area (Å²) in [7, 11) is 0. The van der Waals surface area contributed by atoms with E-state index in [0.29, 0.717) is 11.6 Å². The first-order chi connectivity index (χ1) is 8.21. The van der Waals surface area contributed by atoms with Gasteiger partial charge in [0, 0.05) is 12.6 Å². The van der Waals surface area contributed by atoms with Gasteiger partial charge in [-0.1, -0.05) is 27.2 Å². The summed E-state index contributed by atoms with van der Waals surface area (Å²) in [5.74, 6) is 1.62. The van der Waals surface area contributed by atoms with Gasteiger partial charge in [-0.15, -0.1) is 0 Å². The van der Waals surface area contributed by atoms with Crippen molar-refractivity contribution >= 4 is 0 Å². The molecule has 1 saturated carbocycles. The third-order valence-electron chi connectivity index (χ3n) is 5.00. The van der Waals surface area contributed by atoms with Gasteiger partial charge in [0.2, 0.25) is 0 Å². The van der Waals surface area contributed by atoms with Crippen molar-refractivity contribution in [2.75, 3.05) is 13.2 Å². The van der Waals surface area contributed by atoms with Crippen molar-refractivity contribution in [2.24, 2.45) is 11.8 Å². The van der Waals surface area contributed by atoms with Crippen LogP contribution in [0.25, 0.3) is 0 Å². The van der Waals surface area contributed by atoms with Crippen LogP contribution >= 0.6 is 0 Å². The van der Waals surface area contributed by atoms with Crippen molar-refractivity contribution in [2.45, 2.75) is 70.9 Å². The fraction of sp³-hybridized carbons (Fsp3) is 1.00. The van der Waals surface area contributed by atoms with E-state index in [1.165, 1.54) is 38.5 Å². The molecule has 0 aromatic carbocycles. The average molecular weight is 239 g/mol. The van der Waals surface area contributed by atoms with E-state index in [9.17, 15) is 0 Å². The molecule has 3 unspecified atom stereocenters. The molecule has 2 heteroatoms. The molecular formula is C15H29NO. The maximum Gasteiger partial charge on any atom is 0.0685 e. The SMILES string of the molecule is CCNC(C(C)CC)C1CCOC2(CCC2)C1. The van der Waals surface area contributed by atoms with Crippen LogP contribution in [0.15, 0.2) is 0 Å². The zero-order chi connectivity index (χ0) is 12.3. The minimum atomic E-state index is 0.296. The first-order valence-electron chi connectivity index (χ1n) is 7.58. The van der Waals surface area contributed by atoms with Crippen molar-refractivity contribution in [1.29, 1.82) is 0 Å². The highest BCUT2D eigenvalue weighted by atomic mass is 16.5. The van der Waals surface area contributed by atoms with E-state index in [4.69, 9.17) is 4.74 Å². The predicted octanol–water partition coefficient (Wildman–Crippen LogP) is 3.36. The van der Waals surface area contributed by atoms with Crippen LogP contribution in [0.2, 0.25) is 0 Å². The fourth-order valence-corrected chi connectivity index (χ4v) is 3.61. The first-order valence-corrected chi connectivity index (χ1v) is 7.58. The molecule has 1 N–H and O–H groups in total. The van der Waals surface area contributed by atoms with Crippen molar-refractivity contribution < 1.29 is 4.74 Å². The van der Waals surface area contributed by atoms with Gasteiger partial charge in [-0.3, -0.25) is 0 Å². The molecule has 1 aliphatic heterocycles. The van der Waals surface area contributed by atoms with Crippen molar-refractivity contribution in [3.63, 3.8) is 0 Å². The number of ether oxygens (including phenoxy) is 1.